The van der Waals surface area contributed by atoms with Crippen molar-refractivity contribution < 1.29 is 9.50 Å². The van der Waals surface area contributed by atoms with Gasteiger partial charge < -0.3 is 10.0 Å². The number of anilines is 1. The molecule has 1 aromatic heterocycles. The van der Waals surface area contributed by atoms with E-state index < -0.39 is 6.10 Å². The van der Waals surface area contributed by atoms with E-state index in [1.165, 1.54) is 29.2 Å². The van der Waals surface area contributed by atoms with Crippen molar-refractivity contribution in [2.75, 3.05) is 19.0 Å². The third-order valence-corrected chi connectivity index (χ3v) is 4.61. The Bertz CT molecular complexity index is 572. The van der Waals surface area contributed by atoms with Crippen molar-refractivity contribution in [3.63, 3.8) is 0 Å². The molecule has 0 fully saturated rings. The summed E-state index contributed by atoms with van der Waals surface area (Å²) < 4.78 is 14.6. The molecule has 0 aliphatic carbocycles. The van der Waals surface area contributed by atoms with Gasteiger partial charge in [0.15, 0.2) is 4.34 Å². The second kappa shape index (κ2) is 5.85. The first kappa shape index (κ1) is 14.2. The maximum Gasteiger partial charge on any atom is 0.208 e. The van der Waals surface area contributed by atoms with E-state index in [2.05, 4.69) is 10.2 Å². The zero-order valence-corrected chi connectivity index (χ0v) is 12.4. The number of aliphatic hydroxyl groups excluding tert-OH is 1. The van der Waals surface area contributed by atoms with Gasteiger partial charge in [0.25, 0.3) is 0 Å². The summed E-state index contributed by atoms with van der Waals surface area (Å²) in [6.07, 6.45) is -0.671. The van der Waals surface area contributed by atoms with Crippen LogP contribution in [0.3, 0.4) is 0 Å². The van der Waals surface area contributed by atoms with Gasteiger partial charge in [0.2, 0.25) is 5.13 Å². The Morgan fingerprint density at radius 1 is 1.37 bits per heavy atom. The summed E-state index contributed by atoms with van der Waals surface area (Å²) in [4.78, 5) is 2.33. The topological polar surface area (TPSA) is 49.3 Å². The molecule has 1 aromatic carbocycles. The third kappa shape index (κ3) is 3.43. The Labute approximate surface area is 119 Å². The molecule has 0 unspecified atom stereocenters. The molecule has 0 radical (unpaired) electrons. The van der Waals surface area contributed by atoms with Crippen molar-refractivity contribution in [2.24, 2.45) is 0 Å². The van der Waals surface area contributed by atoms with Crippen LogP contribution in [-0.2, 0) is 0 Å². The zero-order chi connectivity index (χ0) is 14.0. The molecule has 0 spiro atoms. The van der Waals surface area contributed by atoms with Crippen LogP contribution in [0.4, 0.5) is 9.52 Å². The summed E-state index contributed by atoms with van der Waals surface area (Å²) in [7, 11) is 3.76. The molecule has 0 saturated heterocycles. The molecule has 0 aliphatic heterocycles. The van der Waals surface area contributed by atoms with Gasteiger partial charge >= 0.3 is 0 Å². The predicted octanol–water partition coefficient (Wildman–Crippen LogP) is 2.95. The smallest absolute Gasteiger partial charge is 0.208 e. The molecular formula is C12H14FN3OS2. The first-order chi connectivity index (χ1) is 8.97. The number of benzene rings is 1. The SMILES string of the molecule is C[C@H](O)c1ccc(Sc2nnc(N(C)C)s2)c(F)c1. The van der Waals surface area contributed by atoms with Crippen molar-refractivity contribution in [3.8, 4) is 0 Å². The van der Waals surface area contributed by atoms with Gasteiger partial charge in [-0.1, -0.05) is 29.2 Å². The zero-order valence-electron chi connectivity index (χ0n) is 10.8. The van der Waals surface area contributed by atoms with Gasteiger partial charge in [0.1, 0.15) is 5.82 Å². The fraction of sp³-hybridized carbons (Fsp3) is 0.333. The van der Waals surface area contributed by atoms with Gasteiger partial charge in [0, 0.05) is 14.1 Å². The molecule has 102 valence electrons. The Hall–Kier alpha value is -1.18. The second-order valence-electron chi connectivity index (χ2n) is 4.21. The Morgan fingerprint density at radius 2 is 2.11 bits per heavy atom. The standard InChI is InChI=1S/C12H14FN3OS2/c1-7(17)8-4-5-10(9(13)6-8)18-12-15-14-11(19-12)16(2)3/h4-7,17H,1-3H3/t7-/m0/s1. The molecule has 4 nitrogen and oxygen atoms in total. The first-order valence-corrected chi connectivity index (χ1v) is 7.27. The molecule has 7 heteroatoms. The second-order valence-corrected chi connectivity index (χ2v) is 6.46. The average molecular weight is 299 g/mol. The Kier molecular flexibility index (Phi) is 4.38. The minimum absolute atomic E-state index is 0.356. The molecule has 1 atom stereocenters. The largest absolute Gasteiger partial charge is 0.389 e. The van der Waals surface area contributed by atoms with Crippen LogP contribution < -0.4 is 4.90 Å². The minimum Gasteiger partial charge on any atom is -0.389 e. The van der Waals surface area contributed by atoms with Crippen molar-refractivity contribution in [2.45, 2.75) is 22.3 Å². The van der Waals surface area contributed by atoms with Crippen LogP contribution in [-0.4, -0.2) is 29.4 Å². The van der Waals surface area contributed by atoms with E-state index in [0.717, 1.165) is 5.13 Å². The lowest BCUT2D eigenvalue weighted by atomic mass is 10.1. The summed E-state index contributed by atoms with van der Waals surface area (Å²) in [5.41, 5.74) is 0.563. The monoisotopic (exact) mass is 299 g/mol. The lowest BCUT2D eigenvalue weighted by Gasteiger charge is -2.06. The lowest BCUT2D eigenvalue weighted by Crippen LogP contribution is -2.07. The fourth-order valence-electron chi connectivity index (χ4n) is 1.38. The van der Waals surface area contributed by atoms with Crippen LogP contribution in [0.2, 0.25) is 0 Å². The van der Waals surface area contributed by atoms with Gasteiger partial charge in [0.05, 0.1) is 11.0 Å². The highest BCUT2D eigenvalue weighted by molar-refractivity contribution is 8.01. The van der Waals surface area contributed by atoms with Crippen LogP contribution in [0, 0.1) is 5.82 Å². The lowest BCUT2D eigenvalue weighted by molar-refractivity contribution is 0.198. The van der Waals surface area contributed by atoms with Crippen molar-refractivity contribution in [3.05, 3.63) is 29.6 Å². The van der Waals surface area contributed by atoms with E-state index in [1.54, 1.807) is 19.1 Å². The summed E-state index contributed by atoms with van der Waals surface area (Å²) in [6.45, 7) is 1.61. The summed E-state index contributed by atoms with van der Waals surface area (Å²) in [5, 5.41) is 18.2. The number of hydrogen-bond acceptors (Lipinski definition) is 6. The van der Waals surface area contributed by atoms with Crippen LogP contribution in [0.1, 0.15) is 18.6 Å². The highest BCUT2D eigenvalue weighted by atomic mass is 32.2. The van der Waals surface area contributed by atoms with Crippen LogP contribution >= 0.6 is 23.1 Å². The molecule has 1 N–H and O–H groups in total. The van der Waals surface area contributed by atoms with E-state index in [9.17, 15) is 9.50 Å². The predicted molar refractivity (Wildman–Crippen MR) is 75.4 cm³/mol. The highest BCUT2D eigenvalue weighted by Crippen LogP contribution is 2.34. The molecule has 1 heterocycles. The van der Waals surface area contributed by atoms with Crippen molar-refractivity contribution in [1.29, 1.82) is 0 Å². The number of nitrogens with zero attached hydrogens (tertiary/aromatic N) is 3. The minimum atomic E-state index is -0.671. The highest BCUT2D eigenvalue weighted by Gasteiger charge is 2.12. The number of halogens is 1. The summed E-state index contributed by atoms with van der Waals surface area (Å²) in [6, 6.07) is 4.71. The molecule has 0 saturated carbocycles. The average Bonchev–Trinajstić information content (AvgIpc) is 2.80. The van der Waals surface area contributed by atoms with Crippen LogP contribution in [0.15, 0.2) is 27.4 Å². The number of rotatable bonds is 4. The molecule has 0 bridgehead atoms. The van der Waals surface area contributed by atoms with E-state index in [4.69, 9.17) is 0 Å². The molecule has 2 aromatic rings. The van der Waals surface area contributed by atoms with E-state index in [1.807, 2.05) is 19.0 Å². The molecule has 19 heavy (non-hydrogen) atoms. The maximum atomic E-state index is 13.9. The number of aromatic nitrogens is 2. The third-order valence-electron chi connectivity index (χ3n) is 2.41. The van der Waals surface area contributed by atoms with Gasteiger partial charge in [-0.3, -0.25) is 0 Å². The van der Waals surface area contributed by atoms with Gasteiger partial charge in [-0.15, -0.1) is 10.2 Å². The molecular weight excluding hydrogens is 285 g/mol. The van der Waals surface area contributed by atoms with E-state index in [0.29, 0.717) is 14.8 Å². The van der Waals surface area contributed by atoms with Gasteiger partial charge in [-0.05, 0) is 24.6 Å². The van der Waals surface area contributed by atoms with Crippen molar-refractivity contribution in [1.82, 2.24) is 10.2 Å². The van der Waals surface area contributed by atoms with Crippen LogP contribution in [0.5, 0.6) is 0 Å². The quantitative estimate of drug-likeness (QED) is 0.940. The fourth-order valence-corrected chi connectivity index (χ4v) is 3.10. The van der Waals surface area contributed by atoms with E-state index >= 15 is 0 Å². The Balaban J connectivity index is 2.18. The number of hydrogen-bond donors (Lipinski definition) is 1. The van der Waals surface area contributed by atoms with Crippen molar-refractivity contribution >= 4 is 28.2 Å². The number of aliphatic hydroxyl groups is 1. The van der Waals surface area contributed by atoms with E-state index in [-0.39, 0.29) is 5.82 Å². The maximum absolute atomic E-state index is 13.9. The van der Waals surface area contributed by atoms with Gasteiger partial charge in [-0.25, -0.2) is 4.39 Å². The van der Waals surface area contributed by atoms with Crippen LogP contribution in [0.25, 0.3) is 0 Å². The first-order valence-electron chi connectivity index (χ1n) is 5.63. The molecule has 2 rings (SSSR count). The summed E-state index contributed by atoms with van der Waals surface area (Å²) >= 11 is 2.64. The molecule has 0 amide bonds. The Morgan fingerprint density at radius 3 is 2.63 bits per heavy atom. The summed E-state index contributed by atoms with van der Waals surface area (Å²) in [5.74, 6) is -0.356. The molecule has 0 aliphatic rings. The van der Waals surface area contributed by atoms with Gasteiger partial charge in [-0.2, -0.15) is 0 Å². The normalized spacial score (nSPS) is 12.5.